The van der Waals surface area contributed by atoms with Crippen molar-refractivity contribution in [2.45, 2.75) is 40.2 Å². The molecule has 2 rings (SSSR count). The molecule has 0 aliphatic rings. The van der Waals surface area contributed by atoms with Gasteiger partial charge < -0.3 is 5.32 Å². The molecular formula is C19H24ClN. The molecule has 0 heterocycles. The summed E-state index contributed by atoms with van der Waals surface area (Å²) >= 11 is 6.00. The molecule has 2 aromatic rings. The van der Waals surface area contributed by atoms with Crippen molar-refractivity contribution in [2.75, 3.05) is 6.54 Å². The third-order valence-corrected chi connectivity index (χ3v) is 4.22. The number of nitrogens with one attached hydrogen (secondary N) is 1. The molecule has 0 fully saturated rings. The summed E-state index contributed by atoms with van der Waals surface area (Å²) in [5.41, 5.74) is 6.83. The molecule has 112 valence electrons. The van der Waals surface area contributed by atoms with Crippen LogP contribution in [0.15, 0.2) is 36.4 Å². The minimum absolute atomic E-state index is 0.326. The summed E-state index contributed by atoms with van der Waals surface area (Å²) in [5, 5.41) is 4.38. The maximum Gasteiger partial charge on any atom is 0.0406 e. The molecular weight excluding hydrogens is 278 g/mol. The van der Waals surface area contributed by atoms with Crippen LogP contribution in [0.2, 0.25) is 5.02 Å². The van der Waals surface area contributed by atoms with E-state index in [2.05, 4.69) is 57.3 Å². The van der Waals surface area contributed by atoms with Crippen molar-refractivity contribution < 1.29 is 0 Å². The zero-order valence-corrected chi connectivity index (χ0v) is 14.1. The van der Waals surface area contributed by atoms with E-state index in [1.165, 1.54) is 27.8 Å². The van der Waals surface area contributed by atoms with Crippen LogP contribution in [0.1, 0.15) is 40.8 Å². The van der Waals surface area contributed by atoms with Crippen molar-refractivity contribution in [1.82, 2.24) is 5.32 Å². The van der Waals surface area contributed by atoms with Gasteiger partial charge in [0.15, 0.2) is 0 Å². The van der Waals surface area contributed by atoms with Gasteiger partial charge >= 0.3 is 0 Å². The maximum atomic E-state index is 6.00. The van der Waals surface area contributed by atoms with E-state index in [9.17, 15) is 0 Å². The van der Waals surface area contributed by atoms with Crippen molar-refractivity contribution in [2.24, 2.45) is 0 Å². The Balaban J connectivity index is 2.30. The molecule has 0 saturated carbocycles. The molecule has 0 spiro atoms. The van der Waals surface area contributed by atoms with Crippen LogP contribution in [0, 0.1) is 20.8 Å². The molecule has 1 nitrogen and oxygen atoms in total. The average molecular weight is 302 g/mol. The summed E-state index contributed by atoms with van der Waals surface area (Å²) in [6.45, 7) is 9.68. The van der Waals surface area contributed by atoms with Gasteiger partial charge in [-0.05, 0) is 68.1 Å². The minimum Gasteiger partial charge on any atom is -0.310 e. The fourth-order valence-corrected chi connectivity index (χ4v) is 3.11. The van der Waals surface area contributed by atoms with Gasteiger partial charge in [0.25, 0.3) is 0 Å². The zero-order chi connectivity index (χ0) is 15.4. The number of hydrogen-bond acceptors (Lipinski definition) is 1. The van der Waals surface area contributed by atoms with Crippen LogP contribution in [0.25, 0.3) is 0 Å². The third kappa shape index (κ3) is 4.09. The van der Waals surface area contributed by atoms with Crippen molar-refractivity contribution in [1.29, 1.82) is 0 Å². The minimum atomic E-state index is 0.326. The molecule has 1 N–H and O–H groups in total. The smallest absolute Gasteiger partial charge is 0.0406 e. The van der Waals surface area contributed by atoms with Crippen molar-refractivity contribution in [3.05, 3.63) is 69.2 Å². The first-order valence-corrected chi connectivity index (χ1v) is 7.94. The van der Waals surface area contributed by atoms with Gasteiger partial charge in [-0.25, -0.2) is 0 Å². The van der Waals surface area contributed by atoms with Gasteiger partial charge in [-0.2, -0.15) is 0 Å². The van der Waals surface area contributed by atoms with Crippen molar-refractivity contribution in [3.8, 4) is 0 Å². The number of benzene rings is 2. The highest BCUT2D eigenvalue weighted by Crippen LogP contribution is 2.25. The third-order valence-electron chi connectivity index (χ3n) is 3.97. The van der Waals surface area contributed by atoms with Crippen molar-refractivity contribution >= 4 is 11.6 Å². The monoisotopic (exact) mass is 301 g/mol. The van der Waals surface area contributed by atoms with Gasteiger partial charge in [0.1, 0.15) is 0 Å². The molecule has 0 amide bonds. The molecule has 2 aromatic carbocycles. The first-order chi connectivity index (χ1) is 10.0. The first-order valence-electron chi connectivity index (χ1n) is 7.56. The van der Waals surface area contributed by atoms with Crippen LogP contribution in [0.3, 0.4) is 0 Å². The van der Waals surface area contributed by atoms with E-state index in [1.807, 2.05) is 12.1 Å². The van der Waals surface area contributed by atoms with Gasteiger partial charge in [-0.15, -0.1) is 0 Å². The second-order valence-electron chi connectivity index (χ2n) is 5.74. The Morgan fingerprint density at radius 2 is 1.57 bits per heavy atom. The van der Waals surface area contributed by atoms with E-state index in [0.717, 1.165) is 18.0 Å². The SMILES string of the molecule is CCNC(Cc1c(C)cc(C)cc1C)c1ccc(Cl)cc1. The summed E-state index contributed by atoms with van der Waals surface area (Å²) < 4.78 is 0. The molecule has 21 heavy (non-hydrogen) atoms. The largest absolute Gasteiger partial charge is 0.310 e. The Kier molecular flexibility index (Phi) is 5.44. The standard InChI is InChI=1S/C19H24ClN/c1-5-21-19(16-6-8-17(20)9-7-16)12-18-14(3)10-13(2)11-15(18)4/h6-11,19,21H,5,12H2,1-4H3. The van der Waals surface area contributed by atoms with E-state index < -0.39 is 0 Å². The number of aryl methyl sites for hydroxylation is 3. The lowest BCUT2D eigenvalue weighted by molar-refractivity contribution is 0.547. The van der Waals surface area contributed by atoms with Gasteiger partial charge in [-0.3, -0.25) is 0 Å². The Labute approximate surface area is 133 Å². The highest BCUT2D eigenvalue weighted by Gasteiger charge is 2.14. The highest BCUT2D eigenvalue weighted by atomic mass is 35.5. The Hall–Kier alpha value is -1.31. The Morgan fingerprint density at radius 1 is 1.00 bits per heavy atom. The fourth-order valence-electron chi connectivity index (χ4n) is 2.99. The molecule has 0 saturated heterocycles. The first kappa shape index (κ1) is 16.1. The van der Waals surface area contributed by atoms with E-state index in [4.69, 9.17) is 11.6 Å². The second kappa shape index (κ2) is 7.11. The summed E-state index contributed by atoms with van der Waals surface area (Å²) in [4.78, 5) is 0. The van der Waals surface area contributed by atoms with Crippen LogP contribution in [0.4, 0.5) is 0 Å². The molecule has 0 aliphatic heterocycles. The maximum absolute atomic E-state index is 6.00. The molecule has 0 radical (unpaired) electrons. The lowest BCUT2D eigenvalue weighted by Gasteiger charge is -2.21. The Bertz CT molecular complexity index is 578. The van der Waals surface area contributed by atoms with E-state index in [-0.39, 0.29) is 0 Å². The topological polar surface area (TPSA) is 12.0 Å². The average Bonchev–Trinajstić information content (AvgIpc) is 2.42. The number of halogens is 1. The predicted molar refractivity (Wildman–Crippen MR) is 92.2 cm³/mol. The normalized spacial score (nSPS) is 12.4. The zero-order valence-electron chi connectivity index (χ0n) is 13.3. The number of likely N-dealkylation sites (N-methyl/N-ethyl adjacent to an activating group) is 1. The quantitative estimate of drug-likeness (QED) is 0.804. The summed E-state index contributed by atoms with van der Waals surface area (Å²) in [6, 6.07) is 13.0. The predicted octanol–water partition coefficient (Wildman–Crippen LogP) is 5.16. The highest BCUT2D eigenvalue weighted by molar-refractivity contribution is 6.30. The van der Waals surface area contributed by atoms with E-state index >= 15 is 0 Å². The Morgan fingerprint density at radius 3 is 2.10 bits per heavy atom. The molecule has 0 aromatic heterocycles. The molecule has 0 bridgehead atoms. The second-order valence-corrected chi connectivity index (χ2v) is 6.18. The summed E-state index contributed by atoms with van der Waals surface area (Å²) in [5.74, 6) is 0. The molecule has 0 aliphatic carbocycles. The molecule has 2 heteroatoms. The van der Waals surface area contributed by atoms with Crippen molar-refractivity contribution in [3.63, 3.8) is 0 Å². The lowest BCUT2D eigenvalue weighted by atomic mass is 9.91. The van der Waals surface area contributed by atoms with E-state index in [1.54, 1.807) is 0 Å². The fraction of sp³-hybridized carbons (Fsp3) is 0.368. The van der Waals surface area contributed by atoms with Crippen LogP contribution < -0.4 is 5.32 Å². The lowest BCUT2D eigenvalue weighted by Crippen LogP contribution is -2.23. The van der Waals surface area contributed by atoms with Crippen LogP contribution >= 0.6 is 11.6 Å². The molecule has 1 atom stereocenters. The van der Waals surface area contributed by atoms with Gasteiger partial charge in [-0.1, -0.05) is 48.4 Å². The molecule has 1 unspecified atom stereocenters. The number of rotatable bonds is 5. The van der Waals surface area contributed by atoms with Crippen LogP contribution in [-0.2, 0) is 6.42 Å². The van der Waals surface area contributed by atoms with Crippen LogP contribution in [0.5, 0.6) is 0 Å². The van der Waals surface area contributed by atoms with Crippen LogP contribution in [-0.4, -0.2) is 6.54 Å². The van der Waals surface area contributed by atoms with Gasteiger partial charge in [0.05, 0.1) is 0 Å². The summed E-state index contributed by atoms with van der Waals surface area (Å²) in [6.07, 6.45) is 1.01. The number of hydrogen-bond donors (Lipinski definition) is 1. The van der Waals surface area contributed by atoms with Gasteiger partial charge in [0, 0.05) is 11.1 Å². The summed E-state index contributed by atoms with van der Waals surface area (Å²) in [7, 11) is 0. The van der Waals surface area contributed by atoms with Gasteiger partial charge in [0.2, 0.25) is 0 Å². The van der Waals surface area contributed by atoms with E-state index in [0.29, 0.717) is 6.04 Å².